The van der Waals surface area contributed by atoms with Crippen molar-refractivity contribution in [2.45, 2.75) is 58.7 Å². The van der Waals surface area contributed by atoms with Crippen LogP contribution >= 0.6 is 0 Å². The monoisotopic (exact) mass is 557 g/mol. The molecule has 41 heavy (non-hydrogen) atoms. The number of amides is 1. The van der Waals surface area contributed by atoms with Crippen molar-refractivity contribution in [3.63, 3.8) is 0 Å². The van der Waals surface area contributed by atoms with Gasteiger partial charge in [-0.2, -0.15) is 9.97 Å². The van der Waals surface area contributed by atoms with Crippen LogP contribution in [0.5, 0.6) is 6.01 Å². The van der Waals surface area contributed by atoms with Crippen molar-refractivity contribution in [1.29, 1.82) is 0 Å². The summed E-state index contributed by atoms with van der Waals surface area (Å²) in [5, 5.41) is 0. The zero-order valence-electron chi connectivity index (χ0n) is 25.2. The van der Waals surface area contributed by atoms with Crippen LogP contribution in [-0.4, -0.2) is 91.2 Å². The van der Waals surface area contributed by atoms with Crippen LogP contribution < -0.4 is 14.5 Å². The van der Waals surface area contributed by atoms with Crippen LogP contribution in [0.1, 0.15) is 42.1 Å². The van der Waals surface area contributed by atoms with Gasteiger partial charge >= 0.3 is 6.01 Å². The fourth-order valence-corrected chi connectivity index (χ4v) is 6.38. The molecule has 1 aromatic carbocycles. The number of ether oxygens (including phenoxy) is 1. The van der Waals surface area contributed by atoms with Gasteiger partial charge in [0.2, 0.25) is 12.5 Å². The van der Waals surface area contributed by atoms with Gasteiger partial charge in [-0.3, -0.25) is 4.79 Å². The number of aromatic nitrogens is 2. The van der Waals surface area contributed by atoms with Crippen molar-refractivity contribution in [2.24, 2.45) is 5.41 Å². The van der Waals surface area contributed by atoms with Gasteiger partial charge in [0, 0.05) is 48.9 Å². The van der Waals surface area contributed by atoms with Gasteiger partial charge in [0.1, 0.15) is 11.9 Å². The highest BCUT2D eigenvalue weighted by Crippen LogP contribution is 2.46. The summed E-state index contributed by atoms with van der Waals surface area (Å²) in [6.45, 7) is 22.0. The summed E-state index contributed by atoms with van der Waals surface area (Å²) in [4.78, 5) is 34.9. The van der Waals surface area contributed by atoms with E-state index in [4.69, 9.17) is 21.3 Å². The number of carbonyl (C=O) groups excluding carboxylic acids is 1. The first kappa shape index (κ1) is 28.9. The number of fused-ring (bicyclic) bond motifs is 1. The topological polar surface area (TPSA) is 69.4 Å². The van der Waals surface area contributed by atoms with Gasteiger partial charge < -0.3 is 29.2 Å². The summed E-state index contributed by atoms with van der Waals surface area (Å²) in [7, 11) is 4.21. The molecule has 2 aliphatic heterocycles. The lowest BCUT2D eigenvalue weighted by atomic mass is 9.96. The maximum atomic E-state index is 12.5. The molecule has 0 N–H and O–H groups in total. The van der Waals surface area contributed by atoms with Crippen molar-refractivity contribution >= 4 is 17.4 Å². The van der Waals surface area contributed by atoms with Crippen molar-refractivity contribution in [3.8, 4) is 6.01 Å². The Morgan fingerprint density at radius 2 is 2.05 bits per heavy atom. The lowest BCUT2D eigenvalue weighted by Gasteiger charge is -2.42. The first-order valence-electron chi connectivity index (χ1n) is 14.7. The second-order valence-corrected chi connectivity index (χ2v) is 12.4. The SMILES string of the molecule is [C-]#[N+]C[C@H]1CN(c2nc(OCC3(CN(C)C)CC3)nc3c2CC(C)N(c2cccc(C)c2C)C3)CCN1C(=O)C=C. The molecule has 1 saturated carbocycles. The van der Waals surface area contributed by atoms with Crippen LogP contribution in [0.2, 0.25) is 0 Å². The number of aryl methyl sites for hydroxylation is 1. The molecule has 3 aliphatic rings. The van der Waals surface area contributed by atoms with Gasteiger partial charge in [-0.1, -0.05) is 18.7 Å². The van der Waals surface area contributed by atoms with Gasteiger partial charge in [-0.05, 0) is 77.4 Å². The average molecular weight is 558 g/mol. The predicted molar refractivity (Wildman–Crippen MR) is 162 cm³/mol. The maximum absolute atomic E-state index is 12.5. The van der Waals surface area contributed by atoms with Gasteiger partial charge in [-0.25, -0.2) is 6.57 Å². The molecule has 2 fully saturated rings. The number of benzene rings is 1. The summed E-state index contributed by atoms with van der Waals surface area (Å²) < 4.78 is 6.37. The molecule has 218 valence electrons. The van der Waals surface area contributed by atoms with Gasteiger partial charge in [0.15, 0.2) is 0 Å². The molecular formula is C32H43N7O2. The second-order valence-electron chi connectivity index (χ2n) is 12.4. The zero-order valence-corrected chi connectivity index (χ0v) is 25.2. The molecular weight excluding hydrogens is 514 g/mol. The Morgan fingerprint density at radius 1 is 1.27 bits per heavy atom. The van der Waals surface area contributed by atoms with E-state index in [1.807, 2.05) is 0 Å². The van der Waals surface area contributed by atoms with E-state index in [1.165, 1.54) is 22.9 Å². The first-order chi connectivity index (χ1) is 19.6. The fraction of sp³-hybridized carbons (Fsp3) is 0.562. The molecule has 1 aliphatic carbocycles. The van der Waals surface area contributed by atoms with Crippen LogP contribution in [0.25, 0.3) is 4.85 Å². The Morgan fingerprint density at radius 3 is 2.73 bits per heavy atom. The molecule has 0 bridgehead atoms. The van der Waals surface area contributed by atoms with E-state index in [2.05, 4.69) is 79.2 Å². The minimum Gasteiger partial charge on any atom is -0.463 e. The molecule has 2 atom stereocenters. The van der Waals surface area contributed by atoms with E-state index in [1.54, 1.807) is 4.90 Å². The molecule has 5 rings (SSSR count). The minimum absolute atomic E-state index is 0.125. The van der Waals surface area contributed by atoms with Crippen molar-refractivity contribution in [1.82, 2.24) is 19.8 Å². The predicted octanol–water partition coefficient (Wildman–Crippen LogP) is 3.89. The summed E-state index contributed by atoms with van der Waals surface area (Å²) >= 11 is 0. The molecule has 3 heterocycles. The molecule has 0 spiro atoms. The summed E-state index contributed by atoms with van der Waals surface area (Å²) in [5.74, 6) is 0.760. The lowest BCUT2D eigenvalue weighted by molar-refractivity contribution is -0.128. The molecule has 9 nitrogen and oxygen atoms in total. The van der Waals surface area contributed by atoms with E-state index in [0.29, 0.717) is 38.8 Å². The first-order valence-corrected chi connectivity index (χ1v) is 14.7. The summed E-state index contributed by atoms with van der Waals surface area (Å²) in [6.07, 6.45) is 4.45. The van der Waals surface area contributed by atoms with Crippen LogP contribution in [0.4, 0.5) is 11.5 Å². The highest BCUT2D eigenvalue weighted by Gasteiger charge is 2.44. The number of nitrogens with zero attached hydrogens (tertiary/aromatic N) is 7. The molecule has 1 amide bonds. The third-order valence-electron chi connectivity index (χ3n) is 8.95. The number of hydrogen-bond acceptors (Lipinski definition) is 7. The number of hydrogen-bond donors (Lipinski definition) is 0. The van der Waals surface area contributed by atoms with E-state index in [9.17, 15) is 4.79 Å². The Balaban J connectivity index is 1.49. The van der Waals surface area contributed by atoms with E-state index in [0.717, 1.165) is 42.9 Å². The van der Waals surface area contributed by atoms with E-state index < -0.39 is 0 Å². The lowest BCUT2D eigenvalue weighted by Crippen LogP contribution is -2.56. The van der Waals surface area contributed by atoms with Crippen LogP contribution in [-0.2, 0) is 17.8 Å². The largest absolute Gasteiger partial charge is 0.463 e. The summed E-state index contributed by atoms with van der Waals surface area (Å²) in [5.41, 5.74) is 6.11. The van der Waals surface area contributed by atoms with Crippen molar-refractivity contribution in [3.05, 3.63) is 64.7 Å². The Kier molecular flexibility index (Phi) is 8.23. The molecule has 0 radical (unpaired) electrons. The molecule has 1 saturated heterocycles. The Labute approximate surface area is 244 Å². The number of anilines is 2. The molecule has 1 aromatic heterocycles. The average Bonchev–Trinajstić information content (AvgIpc) is 3.71. The quantitative estimate of drug-likeness (QED) is 0.342. The van der Waals surface area contributed by atoms with E-state index in [-0.39, 0.29) is 30.0 Å². The molecule has 1 unspecified atom stereocenters. The van der Waals surface area contributed by atoms with Crippen LogP contribution in [0, 0.1) is 25.8 Å². The van der Waals surface area contributed by atoms with Crippen LogP contribution in [0.15, 0.2) is 30.9 Å². The number of carbonyl (C=O) groups is 1. The maximum Gasteiger partial charge on any atom is 0.318 e. The smallest absolute Gasteiger partial charge is 0.318 e. The van der Waals surface area contributed by atoms with Crippen molar-refractivity contribution in [2.75, 3.05) is 63.2 Å². The zero-order chi connectivity index (χ0) is 29.3. The standard InChI is InChI=1S/C32H43N7O2/c1-8-29(40)38-15-14-37(18-25(38)17-33-5)30-26-16-23(3)39(28-11-9-10-22(2)24(28)4)19-27(26)34-31(35-30)41-21-32(12-13-32)20-36(6)7/h8-11,23,25H,1,12-21H2,2-4,6-7H3/t23?,25-/m0/s1. The van der Waals surface area contributed by atoms with E-state index >= 15 is 0 Å². The highest BCUT2D eigenvalue weighted by molar-refractivity contribution is 5.87. The fourth-order valence-electron chi connectivity index (χ4n) is 6.38. The number of rotatable bonds is 9. The summed E-state index contributed by atoms with van der Waals surface area (Å²) in [6, 6.07) is 6.95. The molecule has 2 aromatic rings. The minimum atomic E-state index is -0.219. The normalized spacial score (nSPS) is 21.3. The highest BCUT2D eigenvalue weighted by atomic mass is 16.5. The Bertz CT molecular complexity index is 1350. The molecule has 9 heteroatoms. The third kappa shape index (κ3) is 6.03. The second kappa shape index (κ2) is 11.7. The van der Waals surface area contributed by atoms with Gasteiger partial charge in [0.05, 0.1) is 18.8 Å². The van der Waals surface area contributed by atoms with Crippen molar-refractivity contribution < 1.29 is 9.53 Å². The van der Waals surface area contributed by atoms with Gasteiger partial charge in [-0.15, -0.1) is 0 Å². The Hall–Kier alpha value is -3.64. The number of piperazine rings is 1. The van der Waals surface area contributed by atoms with Crippen LogP contribution in [0.3, 0.4) is 0 Å². The van der Waals surface area contributed by atoms with Gasteiger partial charge in [0.25, 0.3) is 0 Å². The third-order valence-corrected chi connectivity index (χ3v) is 8.95.